The smallest absolute Gasteiger partial charge is 0.124 e. The third-order valence-corrected chi connectivity index (χ3v) is 6.03. The van der Waals surface area contributed by atoms with E-state index in [4.69, 9.17) is 9.72 Å². The Kier molecular flexibility index (Phi) is 7.56. The number of ether oxygens (including phenoxy) is 1. The van der Waals surface area contributed by atoms with Crippen molar-refractivity contribution in [3.63, 3.8) is 0 Å². The van der Waals surface area contributed by atoms with Crippen LogP contribution in [-0.2, 0) is 24.4 Å². The van der Waals surface area contributed by atoms with Crippen LogP contribution in [0.5, 0.6) is 0 Å². The van der Waals surface area contributed by atoms with Crippen LogP contribution in [-0.4, -0.2) is 69.9 Å². The number of rotatable bonds is 11. The predicted octanol–water partition coefficient (Wildman–Crippen LogP) is 3.47. The molecule has 1 aromatic carbocycles. The number of hydrogen-bond donors (Lipinski definition) is 0. The zero-order valence-corrected chi connectivity index (χ0v) is 18.2. The maximum Gasteiger partial charge on any atom is 0.124 e. The van der Waals surface area contributed by atoms with Crippen LogP contribution in [0, 0.1) is 0 Å². The van der Waals surface area contributed by atoms with Gasteiger partial charge in [-0.05, 0) is 50.6 Å². The number of para-hydroxylation sites is 2. The number of fused-ring (bicyclic) bond motifs is 1. The summed E-state index contributed by atoms with van der Waals surface area (Å²) in [6.45, 7) is 12.2. The third kappa shape index (κ3) is 5.50. The topological polar surface area (TPSA) is 38.5 Å². The lowest BCUT2D eigenvalue weighted by Gasteiger charge is -2.34. The first-order valence-corrected chi connectivity index (χ1v) is 11.4. The molecule has 1 saturated heterocycles. The highest BCUT2D eigenvalue weighted by atomic mass is 16.5. The molecule has 0 radical (unpaired) electrons. The molecule has 6 nitrogen and oxygen atoms in total. The fourth-order valence-corrected chi connectivity index (χ4v) is 4.32. The van der Waals surface area contributed by atoms with Crippen molar-refractivity contribution in [1.29, 1.82) is 0 Å². The lowest BCUT2D eigenvalue weighted by atomic mass is 10.2. The van der Waals surface area contributed by atoms with E-state index >= 15 is 0 Å². The average Bonchev–Trinajstić information content (AvgIpc) is 3.41. The van der Waals surface area contributed by atoms with E-state index in [1.54, 1.807) is 0 Å². The molecule has 0 unspecified atom stereocenters. The van der Waals surface area contributed by atoms with Gasteiger partial charge in [0.1, 0.15) is 5.82 Å². The first-order chi connectivity index (χ1) is 14.8. The summed E-state index contributed by atoms with van der Waals surface area (Å²) in [5, 5.41) is 0. The minimum Gasteiger partial charge on any atom is -0.380 e. The Hall–Kier alpha value is -2.15. The lowest BCUT2D eigenvalue weighted by Crippen LogP contribution is -2.46. The van der Waals surface area contributed by atoms with Crippen molar-refractivity contribution >= 4 is 11.0 Å². The van der Waals surface area contributed by atoms with Crippen LogP contribution >= 0.6 is 0 Å². The molecule has 0 bridgehead atoms. The van der Waals surface area contributed by atoms with Crippen LogP contribution in [0.2, 0.25) is 0 Å². The maximum absolute atomic E-state index is 5.61. The van der Waals surface area contributed by atoms with Gasteiger partial charge >= 0.3 is 0 Å². The highest BCUT2D eigenvalue weighted by Crippen LogP contribution is 2.18. The number of hydrogen-bond acceptors (Lipinski definition) is 4. The molecular formula is C24H35N5O. The number of aryl methyl sites for hydroxylation is 1. The van der Waals surface area contributed by atoms with Crippen LogP contribution in [0.3, 0.4) is 0 Å². The molecular weight excluding hydrogens is 374 g/mol. The van der Waals surface area contributed by atoms with E-state index in [0.717, 1.165) is 70.4 Å². The molecule has 1 aliphatic rings. The Bertz CT molecular complexity index is 880. The van der Waals surface area contributed by atoms with Gasteiger partial charge in [-0.15, -0.1) is 0 Å². The van der Waals surface area contributed by atoms with E-state index in [-0.39, 0.29) is 0 Å². The Balaban J connectivity index is 1.26. The van der Waals surface area contributed by atoms with E-state index < -0.39 is 0 Å². The molecule has 3 heterocycles. The number of imidazole rings is 1. The standard InChI is InChI=1S/C24H35N5O/c1-2-30-20-19-29-23-10-4-3-9-22(23)25-24(29)21-28-17-15-27(16-18-28)14-8-7-13-26-11-5-6-12-26/h3-6,9-12H,2,7-8,13-21H2,1H3. The Labute approximate surface area is 180 Å². The zero-order chi connectivity index (χ0) is 20.6. The summed E-state index contributed by atoms with van der Waals surface area (Å²) in [6, 6.07) is 12.7. The highest BCUT2D eigenvalue weighted by Gasteiger charge is 2.19. The van der Waals surface area contributed by atoms with Crippen molar-refractivity contribution in [3.05, 3.63) is 54.6 Å². The number of unbranched alkanes of at least 4 members (excludes halogenated alkanes) is 1. The van der Waals surface area contributed by atoms with Crippen molar-refractivity contribution < 1.29 is 4.74 Å². The molecule has 0 spiro atoms. The van der Waals surface area contributed by atoms with E-state index in [0.29, 0.717) is 0 Å². The van der Waals surface area contributed by atoms with Gasteiger partial charge in [0.25, 0.3) is 0 Å². The average molecular weight is 410 g/mol. The van der Waals surface area contributed by atoms with Crippen LogP contribution in [0.25, 0.3) is 11.0 Å². The van der Waals surface area contributed by atoms with Gasteiger partial charge in [-0.2, -0.15) is 0 Å². The van der Waals surface area contributed by atoms with E-state index in [1.807, 2.05) is 6.92 Å². The largest absolute Gasteiger partial charge is 0.380 e. The molecule has 0 atom stereocenters. The fourth-order valence-electron chi connectivity index (χ4n) is 4.32. The summed E-state index contributed by atoms with van der Waals surface area (Å²) in [5.41, 5.74) is 2.30. The number of nitrogens with zero attached hydrogens (tertiary/aromatic N) is 5. The van der Waals surface area contributed by atoms with Gasteiger partial charge < -0.3 is 18.8 Å². The zero-order valence-electron chi connectivity index (χ0n) is 18.2. The normalized spacial score (nSPS) is 15.9. The highest BCUT2D eigenvalue weighted by molar-refractivity contribution is 5.75. The molecule has 0 saturated carbocycles. The Morgan fingerprint density at radius 3 is 2.40 bits per heavy atom. The van der Waals surface area contributed by atoms with Crippen LogP contribution in [0.15, 0.2) is 48.8 Å². The predicted molar refractivity (Wildman–Crippen MR) is 122 cm³/mol. The summed E-state index contributed by atoms with van der Waals surface area (Å²) in [7, 11) is 0. The van der Waals surface area contributed by atoms with E-state index in [2.05, 4.69) is 67.7 Å². The Morgan fingerprint density at radius 2 is 1.60 bits per heavy atom. The summed E-state index contributed by atoms with van der Waals surface area (Å²) in [6.07, 6.45) is 6.82. The van der Waals surface area contributed by atoms with E-state index in [9.17, 15) is 0 Å². The van der Waals surface area contributed by atoms with Crippen molar-refractivity contribution in [2.45, 2.75) is 39.4 Å². The molecule has 3 aromatic rings. The fraction of sp³-hybridized carbons (Fsp3) is 0.542. The quantitative estimate of drug-likeness (QED) is 0.455. The molecule has 30 heavy (non-hydrogen) atoms. The van der Waals surface area contributed by atoms with E-state index in [1.165, 1.54) is 24.9 Å². The molecule has 2 aromatic heterocycles. The van der Waals surface area contributed by atoms with Gasteiger partial charge in [-0.1, -0.05) is 12.1 Å². The number of piperazine rings is 1. The summed E-state index contributed by atoms with van der Waals surface area (Å²) in [5.74, 6) is 1.16. The minimum atomic E-state index is 0.737. The second-order valence-electron chi connectivity index (χ2n) is 8.11. The minimum absolute atomic E-state index is 0.737. The maximum atomic E-state index is 5.61. The third-order valence-electron chi connectivity index (χ3n) is 6.03. The monoisotopic (exact) mass is 409 g/mol. The van der Waals surface area contributed by atoms with Gasteiger partial charge in [-0.3, -0.25) is 4.90 Å². The van der Waals surface area contributed by atoms with Crippen molar-refractivity contribution in [1.82, 2.24) is 23.9 Å². The second-order valence-corrected chi connectivity index (χ2v) is 8.11. The van der Waals surface area contributed by atoms with Crippen molar-refractivity contribution in [2.75, 3.05) is 45.9 Å². The van der Waals surface area contributed by atoms with Gasteiger partial charge in [0.15, 0.2) is 0 Å². The Morgan fingerprint density at radius 1 is 0.867 bits per heavy atom. The van der Waals surface area contributed by atoms with Gasteiger partial charge in [0, 0.05) is 58.3 Å². The van der Waals surface area contributed by atoms with Crippen LogP contribution in [0.4, 0.5) is 0 Å². The van der Waals surface area contributed by atoms with Crippen LogP contribution < -0.4 is 0 Å². The summed E-state index contributed by atoms with van der Waals surface area (Å²) in [4.78, 5) is 10.1. The summed E-state index contributed by atoms with van der Waals surface area (Å²) < 4.78 is 10.2. The molecule has 162 valence electrons. The lowest BCUT2D eigenvalue weighted by molar-refractivity contribution is 0.119. The SMILES string of the molecule is CCOCCn1c(CN2CCN(CCCCn3cccc3)CC2)nc2ccccc21. The summed E-state index contributed by atoms with van der Waals surface area (Å²) >= 11 is 0. The first kappa shape index (κ1) is 21.1. The molecule has 0 amide bonds. The van der Waals surface area contributed by atoms with Gasteiger partial charge in [0.2, 0.25) is 0 Å². The molecule has 0 aliphatic carbocycles. The first-order valence-electron chi connectivity index (χ1n) is 11.4. The second kappa shape index (κ2) is 10.8. The molecule has 1 aliphatic heterocycles. The van der Waals surface area contributed by atoms with Crippen LogP contribution in [0.1, 0.15) is 25.6 Å². The molecule has 4 rings (SSSR count). The van der Waals surface area contributed by atoms with Crippen molar-refractivity contribution in [3.8, 4) is 0 Å². The molecule has 0 N–H and O–H groups in total. The number of aromatic nitrogens is 3. The van der Waals surface area contributed by atoms with Gasteiger partial charge in [0.05, 0.1) is 24.2 Å². The number of benzene rings is 1. The molecule has 1 fully saturated rings. The molecule has 6 heteroatoms. The van der Waals surface area contributed by atoms with Crippen molar-refractivity contribution in [2.24, 2.45) is 0 Å². The van der Waals surface area contributed by atoms with Gasteiger partial charge in [-0.25, -0.2) is 4.98 Å².